The first kappa shape index (κ1) is 14.1. The van der Waals surface area contributed by atoms with E-state index in [2.05, 4.69) is 0 Å². The summed E-state index contributed by atoms with van der Waals surface area (Å²) in [7, 11) is -2.88. The third kappa shape index (κ3) is 6.55. The van der Waals surface area contributed by atoms with Crippen molar-refractivity contribution in [2.24, 2.45) is 0 Å². The van der Waals surface area contributed by atoms with Gasteiger partial charge in [0.1, 0.15) is 0 Å². The Morgan fingerprint density at radius 1 is 1.14 bits per heavy atom. The topological polar surface area (TPSA) is 55.8 Å². The van der Waals surface area contributed by atoms with Crippen molar-refractivity contribution in [2.45, 2.75) is 33.1 Å². The molecule has 1 N–H and O–H groups in total. The Bertz CT molecular complexity index is 172. The van der Waals surface area contributed by atoms with Gasteiger partial charge < -0.3 is 14.2 Å². The first-order valence-corrected chi connectivity index (χ1v) is 6.90. The van der Waals surface area contributed by atoms with Gasteiger partial charge in [-0.05, 0) is 19.3 Å². The monoisotopic (exact) mass is 224 g/mol. The van der Waals surface area contributed by atoms with E-state index in [9.17, 15) is 4.57 Å². The van der Waals surface area contributed by atoms with Gasteiger partial charge in [-0.3, -0.25) is 4.57 Å². The third-order valence-corrected chi connectivity index (χ3v) is 3.73. The Kier molecular flexibility index (Phi) is 8.49. The molecule has 0 amide bonds. The van der Waals surface area contributed by atoms with Gasteiger partial charge in [0.25, 0.3) is 0 Å². The molecule has 4 nitrogen and oxygen atoms in total. The summed E-state index contributed by atoms with van der Waals surface area (Å²) in [5, 5.41) is 8.56. The molecule has 86 valence electrons. The average molecular weight is 224 g/mol. The van der Waals surface area contributed by atoms with E-state index in [1.165, 1.54) is 0 Å². The molecule has 0 aromatic rings. The molecule has 0 saturated carbocycles. The molecule has 14 heavy (non-hydrogen) atoms. The molecule has 0 aromatic carbocycles. The van der Waals surface area contributed by atoms with Crippen LogP contribution in [0.3, 0.4) is 0 Å². The number of rotatable bonds is 9. The lowest BCUT2D eigenvalue weighted by molar-refractivity contribution is 0.184. The molecule has 0 aliphatic rings. The average Bonchev–Trinajstić information content (AvgIpc) is 2.16. The van der Waals surface area contributed by atoms with Gasteiger partial charge in [0.15, 0.2) is 0 Å². The van der Waals surface area contributed by atoms with E-state index >= 15 is 0 Å². The van der Waals surface area contributed by atoms with Crippen molar-refractivity contribution >= 4 is 7.60 Å². The second-order valence-electron chi connectivity index (χ2n) is 3.08. The van der Waals surface area contributed by atoms with Crippen LogP contribution in [-0.4, -0.2) is 31.1 Å². The molecule has 5 heteroatoms. The van der Waals surface area contributed by atoms with Gasteiger partial charge >= 0.3 is 7.60 Å². The highest BCUT2D eigenvalue weighted by molar-refractivity contribution is 7.53. The van der Waals surface area contributed by atoms with E-state index < -0.39 is 7.60 Å². The molecule has 0 saturated heterocycles. The molecule has 0 aromatic heterocycles. The number of aliphatic hydroxyl groups excluding tert-OH is 1. The molecule has 0 aliphatic carbocycles. The lowest BCUT2D eigenvalue weighted by Gasteiger charge is -2.17. The van der Waals surface area contributed by atoms with Gasteiger partial charge in [0.05, 0.1) is 13.2 Å². The molecular weight excluding hydrogens is 203 g/mol. The zero-order valence-electron chi connectivity index (χ0n) is 9.07. The molecule has 0 radical (unpaired) electrons. The van der Waals surface area contributed by atoms with Gasteiger partial charge in [-0.2, -0.15) is 0 Å². The van der Waals surface area contributed by atoms with Crippen molar-refractivity contribution in [3.05, 3.63) is 0 Å². The SMILES string of the molecule is CCCOP(=O)(CCC)OCCCO. The summed E-state index contributed by atoms with van der Waals surface area (Å²) in [4.78, 5) is 0. The van der Waals surface area contributed by atoms with Crippen molar-refractivity contribution in [1.82, 2.24) is 0 Å². The van der Waals surface area contributed by atoms with Gasteiger partial charge in [-0.15, -0.1) is 0 Å². The quantitative estimate of drug-likeness (QED) is 0.482. The Morgan fingerprint density at radius 3 is 2.29 bits per heavy atom. The van der Waals surface area contributed by atoms with Crippen LogP contribution in [0.25, 0.3) is 0 Å². The third-order valence-electron chi connectivity index (χ3n) is 1.58. The van der Waals surface area contributed by atoms with E-state index in [1.54, 1.807) is 0 Å². The largest absolute Gasteiger partial charge is 0.396 e. The minimum absolute atomic E-state index is 0.0555. The number of hydrogen-bond donors (Lipinski definition) is 1. The van der Waals surface area contributed by atoms with Crippen LogP contribution in [0.4, 0.5) is 0 Å². The fourth-order valence-electron chi connectivity index (χ4n) is 0.939. The fourth-order valence-corrected chi connectivity index (χ4v) is 2.69. The van der Waals surface area contributed by atoms with E-state index in [4.69, 9.17) is 14.2 Å². The highest BCUT2D eigenvalue weighted by Gasteiger charge is 2.22. The maximum atomic E-state index is 11.9. The molecule has 1 unspecified atom stereocenters. The first-order chi connectivity index (χ1) is 6.68. The van der Waals surface area contributed by atoms with Gasteiger partial charge in [0.2, 0.25) is 0 Å². The standard InChI is InChI=1S/C9H21O4P/c1-3-7-12-14(11,9-4-2)13-8-5-6-10/h10H,3-9H2,1-2H3. The zero-order chi connectivity index (χ0) is 10.9. The van der Waals surface area contributed by atoms with Gasteiger partial charge in [0, 0.05) is 12.8 Å². The summed E-state index contributed by atoms with van der Waals surface area (Å²) in [6, 6.07) is 0. The van der Waals surface area contributed by atoms with E-state index in [0.717, 1.165) is 12.8 Å². The van der Waals surface area contributed by atoms with Gasteiger partial charge in [-0.1, -0.05) is 13.8 Å². The number of aliphatic hydroxyl groups is 1. The molecule has 0 bridgehead atoms. The highest BCUT2D eigenvalue weighted by atomic mass is 31.2. The summed E-state index contributed by atoms with van der Waals surface area (Å²) in [5.74, 6) is 0. The minimum Gasteiger partial charge on any atom is -0.396 e. The lowest BCUT2D eigenvalue weighted by atomic mass is 10.5. The van der Waals surface area contributed by atoms with E-state index in [-0.39, 0.29) is 6.61 Å². The molecular formula is C9H21O4P. The van der Waals surface area contributed by atoms with Crippen LogP contribution in [-0.2, 0) is 13.6 Å². The molecule has 1 atom stereocenters. The summed E-state index contributed by atoms with van der Waals surface area (Å²) in [5.41, 5.74) is 0. The minimum atomic E-state index is -2.88. The second kappa shape index (κ2) is 8.42. The summed E-state index contributed by atoms with van der Waals surface area (Å²) < 4.78 is 22.3. The molecule has 0 spiro atoms. The van der Waals surface area contributed by atoms with Crippen LogP contribution < -0.4 is 0 Å². The smallest absolute Gasteiger partial charge is 0.330 e. The summed E-state index contributed by atoms with van der Waals surface area (Å²) >= 11 is 0. The Balaban J connectivity index is 3.89. The van der Waals surface area contributed by atoms with Crippen molar-refractivity contribution in [3.63, 3.8) is 0 Å². The maximum Gasteiger partial charge on any atom is 0.330 e. The first-order valence-electron chi connectivity index (χ1n) is 5.17. The predicted octanol–water partition coefficient (Wildman–Crippen LogP) is 2.42. The van der Waals surface area contributed by atoms with Crippen molar-refractivity contribution in [2.75, 3.05) is 26.0 Å². The van der Waals surface area contributed by atoms with Crippen LogP contribution in [0.2, 0.25) is 0 Å². The molecule has 0 aliphatic heterocycles. The predicted molar refractivity (Wildman–Crippen MR) is 56.7 cm³/mol. The number of hydrogen-bond acceptors (Lipinski definition) is 4. The van der Waals surface area contributed by atoms with Crippen LogP contribution in [0.5, 0.6) is 0 Å². The van der Waals surface area contributed by atoms with Crippen molar-refractivity contribution in [3.8, 4) is 0 Å². The van der Waals surface area contributed by atoms with Crippen LogP contribution in [0.15, 0.2) is 0 Å². The molecule has 0 fully saturated rings. The van der Waals surface area contributed by atoms with Crippen LogP contribution in [0.1, 0.15) is 33.1 Å². The molecule has 0 rings (SSSR count). The molecule has 0 heterocycles. The summed E-state index contributed by atoms with van der Waals surface area (Å²) in [6.45, 7) is 4.73. The van der Waals surface area contributed by atoms with Crippen molar-refractivity contribution < 1.29 is 18.7 Å². The Hall–Kier alpha value is 0.110. The zero-order valence-corrected chi connectivity index (χ0v) is 9.96. The second-order valence-corrected chi connectivity index (χ2v) is 5.26. The summed E-state index contributed by atoms with van der Waals surface area (Å²) in [6.07, 6.45) is 2.57. The lowest BCUT2D eigenvalue weighted by Crippen LogP contribution is -2.03. The normalized spacial score (nSPS) is 15.4. The van der Waals surface area contributed by atoms with Gasteiger partial charge in [-0.25, -0.2) is 0 Å². The fraction of sp³-hybridized carbons (Fsp3) is 1.00. The Labute approximate surface area is 86.1 Å². The van der Waals surface area contributed by atoms with Crippen molar-refractivity contribution in [1.29, 1.82) is 0 Å². The van der Waals surface area contributed by atoms with Crippen LogP contribution >= 0.6 is 7.60 Å². The van der Waals surface area contributed by atoms with E-state index in [0.29, 0.717) is 25.8 Å². The van der Waals surface area contributed by atoms with E-state index in [1.807, 2.05) is 13.8 Å². The Morgan fingerprint density at radius 2 is 1.79 bits per heavy atom. The maximum absolute atomic E-state index is 11.9. The van der Waals surface area contributed by atoms with Crippen LogP contribution in [0, 0.1) is 0 Å². The highest BCUT2D eigenvalue weighted by Crippen LogP contribution is 2.48.